The zero-order chi connectivity index (χ0) is 19.4. The van der Waals surface area contributed by atoms with Gasteiger partial charge in [0.05, 0.1) is 13.0 Å². The van der Waals surface area contributed by atoms with E-state index in [0.717, 1.165) is 16.3 Å². The number of nitrogens with one attached hydrogen (secondary N) is 1. The number of hydrogen-bond acceptors (Lipinski definition) is 6. The monoisotopic (exact) mass is 408 g/mol. The molecular weight excluding hydrogens is 388 g/mol. The SMILES string of the molecule is CCOCCC(=O)Nc1nnc(C2CC(=O)N(c3ccc(C)c(Cl)c3)C2)s1. The molecule has 1 saturated heterocycles. The molecule has 0 bridgehead atoms. The predicted molar refractivity (Wildman–Crippen MR) is 106 cm³/mol. The minimum atomic E-state index is -0.162. The molecule has 27 heavy (non-hydrogen) atoms. The van der Waals surface area contributed by atoms with Gasteiger partial charge in [0, 0.05) is 36.2 Å². The number of aromatic nitrogens is 2. The van der Waals surface area contributed by atoms with Crippen LogP contribution >= 0.6 is 22.9 Å². The van der Waals surface area contributed by atoms with E-state index in [9.17, 15) is 9.59 Å². The lowest BCUT2D eigenvalue weighted by atomic mass is 10.1. The molecule has 1 N–H and O–H groups in total. The van der Waals surface area contributed by atoms with Gasteiger partial charge in [-0.3, -0.25) is 9.59 Å². The number of amides is 2. The van der Waals surface area contributed by atoms with Crippen molar-refractivity contribution in [2.75, 3.05) is 30.0 Å². The summed E-state index contributed by atoms with van der Waals surface area (Å²) in [6.07, 6.45) is 0.630. The number of hydrogen-bond donors (Lipinski definition) is 1. The first-order valence-electron chi connectivity index (χ1n) is 8.75. The van der Waals surface area contributed by atoms with Crippen LogP contribution in [0.4, 0.5) is 10.8 Å². The first-order valence-corrected chi connectivity index (χ1v) is 9.95. The van der Waals surface area contributed by atoms with E-state index >= 15 is 0 Å². The third-order valence-electron chi connectivity index (χ3n) is 4.31. The number of carbonyl (C=O) groups is 2. The lowest BCUT2D eigenvalue weighted by molar-refractivity contribution is -0.118. The number of nitrogens with zero attached hydrogens (tertiary/aromatic N) is 3. The van der Waals surface area contributed by atoms with E-state index in [2.05, 4.69) is 15.5 Å². The van der Waals surface area contributed by atoms with Crippen LogP contribution in [0.2, 0.25) is 5.02 Å². The third kappa shape index (κ3) is 4.82. The molecule has 1 aliphatic rings. The molecule has 1 fully saturated rings. The number of carbonyl (C=O) groups excluding carboxylic acids is 2. The van der Waals surface area contributed by atoms with E-state index < -0.39 is 0 Å². The number of halogens is 1. The highest BCUT2D eigenvalue weighted by atomic mass is 35.5. The predicted octanol–water partition coefficient (Wildman–Crippen LogP) is 3.39. The van der Waals surface area contributed by atoms with Crippen LogP contribution in [0.5, 0.6) is 0 Å². The van der Waals surface area contributed by atoms with Gasteiger partial charge >= 0.3 is 0 Å². The van der Waals surface area contributed by atoms with Crippen LogP contribution in [0.15, 0.2) is 18.2 Å². The third-order valence-corrected chi connectivity index (χ3v) is 5.71. The molecule has 144 valence electrons. The van der Waals surface area contributed by atoms with Gasteiger partial charge in [-0.2, -0.15) is 0 Å². The lowest BCUT2D eigenvalue weighted by Crippen LogP contribution is -2.24. The fourth-order valence-corrected chi connectivity index (χ4v) is 3.84. The van der Waals surface area contributed by atoms with E-state index in [-0.39, 0.29) is 24.2 Å². The van der Waals surface area contributed by atoms with Gasteiger partial charge in [0.1, 0.15) is 5.01 Å². The molecule has 1 aromatic carbocycles. The Morgan fingerprint density at radius 3 is 3.00 bits per heavy atom. The van der Waals surface area contributed by atoms with Gasteiger partial charge in [-0.1, -0.05) is 29.0 Å². The van der Waals surface area contributed by atoms with Gasteiger partial charge in [-0.25, -0.2) is 0 Å². The minimum Gasteiger partial charge on any atom is -0.381 e. The van der Waals surface area contributed by atoms with Crippen molar-refractivity contribution < 1.29 is 14.3 Å². The molecule has 1 atom stereocenters. The molecular formula is C18H21ClN4O3S. The van der Waals surface area contributed by atoms with E-state index in [1.807, 2.05) is 26.0 Å². The Labute approximate surface area is 166 Å². The zero-order valence-corrected chi connectivity index (χ0v) is 16.8. The summed E-state index contributed by atoms with van der Waals surface area (Å²) in [7, 11) is 0. The summed E-state index contributed by atoms with van der Waals surface area (Å²) in [5, 5.41) is 12.7. The fourth-order valence-electron chi connectivity index (χ4n) is 2.81. The van der Waals surface area contributed by atoms with Gasteiger partial charge in [-0.05, 0) is 31.5 Å². The molecule has 0 spiro atoms. The standard InChI is InChI=1S/C18H21ClN4O3S/c1-3-26-7-6-15(24)20-18-22-21-17(27-18)12-8-16(25)23(10-12)13-5-4-11(2)14(19)9-13/h4-5,9,12H,3,6-8,10H2,1-2H3,(H,20,22,24). The van der Waals surface area contributed by atoms with Gasteiger partial charge in [-0.15, -0.1) is 10.2 Å². The molecule has 0 saturated carbocycles. The highest BCUT2D eigenvalue weighted by molar-refractivity contribution is 7.15. The quantitative estimate of drug-likeness (QED) is 0.710. The summed E-state index contributed by atoms with van der Waals surface area (Å²) in [5.74, 6) is -0.189. The Bertz CT molecular complexity index is 842. The molecule has 9 heteroatoms. The van der Waals surface area contributed by atoms with Gasteiger partial charge in [0.15, 0.2) is 0 Å². The first kappa shape index (κ1) is 19.7. The van der Waals surface area contributed by atoms with Crippen molar-refractivity contribution in [2.45, 2.75) is 32.6 Å². The molecule has 2 amide bonds. The summed E-state index contributed by atoms with van der Waals surface area (Å²) in [6.45, 7) is 5.27. The van der Waals surface area contributed by atoms with Crippen molar-refractivity contribution in [2.24, 2.45) is 0 Å². The van der Waals surface area contributed by atoms with Crippen LogP contribution in [-0.4, -0.2) is 41.8 Å². The van der Waals surface area contributed by atoms with Crippen LogP contribution < -0.4 is 10.2 Å². The van der Waals surface area contributed by atoms with Crippen molar-refractivity contribution in [3.05, 3.63) is 33.8 Å². The van der Waals surface area contributed by atoms with E-state index in [1.54, 1.807) is 11.0 Å². The normalized spacial score (nSPS) is 16.8. The van der Waals surface area contributed by atoms with Crippen LogP contribution in [0.1, 0.15) is 36.3 Å². The number of benzene rings is 1. The summed E-state index contributed by atoms with van der Waals surface area (Å²) >= 11 is 7.49. The summed E-state index contributed by atoms with van der Waals surface area (Å²) in [4.78, 5) is 26.0. The number of anilines is 2. The molecule has 0 radical (unpaired) electrons. The lowest BCUT2D eigenvalue weighted by Gasteiger charge is -2.17. The minimum absolute atomic E-state index is 0.0254. The van der Waals surface area contributed by atoms with E-state index in [1.165, 1.54) is 11.3 Å². The zero-order valence-electron chi connectivity index (χ0n) is 15.2. The van der Waals surface area contributed by atoms with Crippen molar-refractivity contribution in [3.63, 3.8) is 0 Å². The maximum atomic E-state index is 12.4. The molecule has 1 aromatic heterocycles. The topological polar surface area (TPSA) is 84.4 Å². The van der Waals surface area contributed by atoms with Crippen molar-refractivity contribution in [1.82, 2.24) is 10.2 Å². The second-order valence-corrected chi connectivity index (χ2v) is 7.70. The Kier molecular flexibility index (Phi) is 6.41. The van der Waals surface area contributed by atoms with E-state index in [4.69, 9.17) is 16.3 Å². The summed E-state index contributed by atoms with van der Waals surface area (Å²) in [5.41, 5.74) is 1.75. The fraction of sp³-hybridized carbons (Fsp3) is 0.444. The van der Waals surface area contributed by atoms with Gasteiger partial charge in [0.25, 0.3) is 0 Å². The highest BCUT2D eigenvalue weighted by Crippen LogP contribution is 2.35. The summed E-state index contributed by atoms with van der Waals surface area (Å²) < 4.78 is 5.16. The Balaban J connectivity index is 1.63. The average molecular weight is 409 g/mol. The van der Waals surface area contributed by atoms with Gasteiger partial charge in [0.2, 0.25) is 16.9 Å². The highest BCUT2D eigenvalue weighted by Gasteiger charge is 2.34. The van der Waals surface area contributed by atoms with Crippen LogP contribution in [-0.2, 0) is 14.3 Å². The number of aryl methyl sites for hydroxylation is 1. The molecule has 0 aliphatic carbocycles. The molecule has 1 unspecified atom stereocenters. The molecule has 2 aromatic rings. The molecule has 2 heterocycles. The molecule has 3 rings (SSSR count). The first-order chi connectivity index (χ1) is 13.0. The number of rotatable bonds is 7. The second kappa shape index (κ2) is 8.77. The van der Waals surface area contributed by atoms with Gasteiger partial charge < -0.3 is 15.0 Å². The van der Waals surface area contributed by atoms with Crippen molar-refractivity contribution in [1.29, 1.82) is 0 Å². The Hall–Kier alpha value is -2.03. The number of ether oxygens (including phenoxy) is 1. The smallest absolute Gasteiger partial charge is 0.228 e. The molecule has 1 aliphatic heterocycles. The van der Waals surface area contributed by atoms with Crippen molar-refractivity contribution in [3.8, 4) is 0 Å². The van der Waals surface area contributed by atoms with E-state index in [0.29, 0.717) is 36.3 Å². The Morgan fingerprint density at radius 2 is 2.26 bits per heavy atom. The largest absolute Gasteiger partial charge is 0.381 e. The summed E-state index contributed by atoms with van der Waals surface area (Å²) in [6, 6.07) is 5.60. The maximum absolute atomic E-state index is 12.4. The van der Waals surface area contributed by atoms with Crippen LogP contribution in [0.25, 0.3) is 0 Å². The van der Waals surface area contributed by atoms with Crippen LogP contribution in [0.3, 0.4) is 0 Å². The Morgan fingerprint density at radius 1 is 1.44 bits per heavy atom. The van der Waals surface area contributed by atoms with Crippen LogP contribution in [0, 0.1) is 6.92 Å². The average Bonchev–Trinajstić information content (AvgIpc) is 3.24. The maximum Gasteiger partial charge on any atom is 0.228 e. The van der Waals surface area contributed by atoms with Crippen molar-refractivity contribution >= 4 is 45.6 Å². The molecule has 7 nitrogen and oxygen atoms in total. The second-order valence-electron chi connectivity index (χ2n) is 6.28.